The largest absolute Gasteiger partial charge is 0.383 e. The Balaban J connectivity index is 2.04. The lowest BCUT2D eigenvalue weighted by molar-refractivity contribution is 0.0703. The fourth-order valence-corrected chi connectivity index (χ4v) is 2.13. The molecule has 1 saturated heterocycles. The molecule has 0 aliphatic carbocycles. The molecule has 20 heavy (non-hydrogen) atoms. The van der Waals surface area contributed by atoms with Crippen LogP contribution in [0, 0.1) is 0 Å². The van der Waals surface area contributed by atoms with Gasteiger partial charge in [-0.25, -0.2) is 0 Å². The van der Waals surface area contributed by atoms with E-state index in [2.05, 4.69) is 22.0 Å². The van der Waals surface area contributed by atoms with E-state index in [1.54, 1.807) is 18.1 Å². The summed E-state index contributed by atoms with van der Waals surface area (Å²) in [5, 5.41) is 7.04. The van der Waals surface area contributed by atoms with E-state index < -0.39 is 0 Å². The highest BCUT2D eigenvalue weighted by molar-refractivity contribution is 5.90. The lowest BCUT2D eigenvalue weighted by atomic mass is 10.2. The first-order valence-electron chi connectivity index (χ1n) is 6.72. The van der Waals surface area contributed by atoms with Crippen molar-refractivity contribution in [2.24, 2.45) is 0 Å². The van der Waals surface area contributed by atoms with Gasteiger partial charge < -0.3 is 19.5 Å². The maximum atomic E-state index is 12.3. The second-order valence-electron chi connectivity index (χ2n) is 4.64. The molecule has 1 aromatic heterocycles. The highest BCUT2D eigenvalue weighted by Gasteiger charge is 2.26. The number of amides is 1. The fraction of sp³-hybridized carbons (Fsp3) is 0.615. The van der Waals surface area contributed by atoms with Crippen molar-refractivity contribution in [1.29, 1.82) is 0 Å². The number of rotatable bonds is 7. The molecule has 1 fully saturated rings. The van der Waals surface area contributed by atoms with Gasteiger partial charge >= 0.3 is 0 Å². The molecule has 1 atom stereocenters. The number of hydrogen-bond acceptors (Lipinski definition) is 6. The third-order valence-electron chi connectivity index (χ3n) is 3.19. The van der Waals surface area contributed by atoms with Crippen LogP contribution in [0.3, 0.4) is 0 Å². The highest BCUT2D eigenvalue weighted by atomic mass is 16.5. The van der Waals surface area contributed by atoms with Gasteiger partial charge in [-0.05, 0) is 19.4 Å². The summed E-state index contributed by atoms with van der Waals surface area (Å²) >= 11 is 0. The van der Waals surface area contributed by atoms with Gasteiger partial charge in [0.25, 0.3) is 11.7 Å². The summed E-state index contributed by atoms with van der Waals surface area (Å²) in [6, 6.07) is 0.0656. The number of methoxy groups -OCH3 is 1. The Morgan fingerprint density at radius 2 is 2.55 bits per heavy atom. The van der Waals surface area contributed by atoms with Crippen LogP contribution >= 0.6 is 0 Å². The molecule has 0 saturated carbocycles. The van der Waals surface area contributed by atoms with Crippen LogP contribution < -0.4 is 5.32 Å². The van der Waals surface area contributed by atoms with E-state index in [0.29, 0.717) is 25.6 Å². The van der Waals surface area contributed by atoms with Crippen LogP contribution in [-0.4, -0.2) is 54.3 Å². The minimum absolute atomic E-state index is 0.0656. The molecule has 0 aromatic carbocycles. The van der Waals surface area contributed by atoms with Crippen molar-refractivity contribution in [2.45, 2.75) is 18.9 Å². The molecule has 1 amide bonds. The average Bonchev–Trinajstić information content (AvgIpc) is 3.12. The van der Waals surface area contributed by atoms with Gasteiger partial charge in [0, 0.05) is 20.2 Å². The van der Waals surface area contributed by atoms with E-state index in [9.17, 15) is 4.79 Å². The smallest absolute Gasteiger partial charge is 0.295 e. The minimum Gasteiger partial charge on any atom is -0.383 e. The van der Waals surface area contributed by atoms with Crippen LogP contribution in [-0.2, 0) is 4.74 Å². The van der Waals surface area contributed by atoms with Crippen molar-refractivity contribution in [3.05, 3.63) is 24.4 Å². The summed E-state index contributed by atoms with van der Waals surface area (Å²) in [6.07, 6.45) is 3.69. The molecule has 1 unspecified atom stereocenters. The van der Waals surface area contributed by atoms with Crippen LogP contribution in [0.1, 0.15) is 35.4 Å². The molecule has 2 rings (SSSR count). The summed E-state index contributed by atoms with van der Waals surface area (Å²) in [5.41, 5.74) is 0. The number of hydrogen-bond donors (Lipinski definition) is 1. The van der Waals surface area contributed by atoms with E-state index in [0.717, 1.165) is 19.4 Å². The van der Waals surface area contributed by atoms with Crippen molar-refractivity contribution in [3.63, 3.8) is 0 Å². The Kier molecular flexibility index (Phi) is 5.25. The van der Waals surface area contributed by atoms with Crippen LogP contribution in [0.25, 0.3) is 0 Å². The van der Waals surface area contributed by atoms with E-state index in [4.69, 9.17) is 9.26 Å². The van der Waals surface area contributed by atoms with E-state index in [1.165, 1.54) is 0 Å². The zero-order chi connectivity index (χ0) is 14.4. The molecule has 7 nitrogen and oxygen atoms in total. The molecular weight excluding hydrogens is 260 g/mol. The lowest BCUT2D eigenvalue weighted by Crippen LogP contribution is -2.34. The van der Waals surface area contributed by atoms with Gasteiger partial charge in [0.15, 0.2) is 0 Å². The number of ether oxygens (including phenoxy) is 1. The quantitative estimate of drug-likeness (QED) is 0.743. The number of aromatic nitrogens is 2. The van der Waals surface area contributed by atoms with Crippen molar-refractivity contribution in [2.75, 3.05) is 33.4 Å². The van der Waals surface area contributed by atoms with Crippen molar-refractivity contribution >= 4 is 5.91 Å². The van der Waals surface area contributed by atoms with Crippen LogP contribution in [0.5, 0.6) is 0 Å². The molecule has 1 aliphatic heterocycles. The van der Waals surface area contributed by atoms with Gasteiger partial charge in [-0.3, -0.25) is 4.79 Å². The Morgan fingerprint density at radius 3 is 3.20 bits per heavy atom. The summed E-state index contributed by atoms with van der Waals surface area (Å²) in [5.74, 6) is 0.303. The molecule has 0 bridgehead atoms. The Hall–Kier alpha value is -1.73. The summed E-state index contributed by atoms with van der Waals surface area (Å²) in [4.78, 5) is 18.1. The number of carbonyl (C=O) groups is 1. The SMILES string of the molecule is C=CCN(CCOC)C(=O)c1noc(C2CCCN2)n1. The number of nitrogens with zero attached hydrogens (tertiary/aromatic N) is 3. The Bertz CT molecular complexity index is 454. The van der Waals surface area contributed by atoms with Crippen LogP contribution in [0.4, 0.5) is 0 Å². The third kappa shape index (κ3) is 3.43. The van der Waals surface area contributed by atoms with Crippen molar-refractivity contribution in [1.82, 2.24) is 20.4 Å². The molecule has 1 N–H and O–H groups in total. The Labute approximate surface area is 118 Å². The lowest BCUT2D eigenvalue weighted by Gasteiger charge is -2.18. The second-order valence-corrected chi connectivity index (χ2v) is 4.64. The zero-order valence-corrected chi connectivity index (χ0v) is 11.7. The normalized spacial score (nSPS) is 18.1. The fourth-order valence-electron chi connectivity index (χ4n) is 2.13. The van der Waals surface area contributed by atoms with Crippen molar-refractivity contribution < 1.29 is 14.1 Å². The first-order valence-corrected chi connectivity index (χ1v) is 6.72. The standard InChI is InChI=1S/C13H20N4O3/c1-3-7-17(8-9-19-2)13(18)11-15-12(20-16-11)10-5-4-6-14-10/h3,10,14H,1,4-9H2,2H3. The first kappa shape index (κ1) is 14.7. The summed E-state index contributed by atoms with van der Waals surface area (Å²) < 4.78 is 10.2. The Morgan fingerprint density at radius 1 is 1.70 bits per heavy atom. The second kappa shape index (κ2) is 7.16. The monoisotopic (exact) mass is 280 g/mol. The van der Waals surface area contributed by atoms with Gasteiger partial charge in [-0.1, -0.05) is 11.2 Å². The van der Waals surface area contributed by atoms with Crippen molar-refractivity contribution in [3.8, 4) is 0 Å². The topological polar surface area (TPSA) is 80.5 Å². The zero-order valence-electron chi connectivity index (χ0n) is 11.7. The predicted octanol–water partition coefficient (Wildman–Crippen LogP) is 0.769. The van der Waals surface area contributed by atoms with E-state index >= 15 is 0 Å². The average molecular weight is 280 g/mol. The van der Waals surface area contributed by atoms with E-state index in [-0.39, 0.29) is 17.8 Å². The predicted molar refractivity (Wildman–Crippen MR) is 72.3 cm³/mol. The van der Waals surface area contributed by atoms with Gasteiger partial charge in [-0.2, -0.15) is 4.98 Å². The van der Waals surface area contributed by atoms with Gasteiger partial charge in [-0.15, -0.1) is 6.58 Å². The number of nitrogens with one attached hydrogen (secondary N) is 1. The summed E-state index contributed by atoms with van der Waals surface area (Å²) in [6.45, 7) is 5.92. The van der Waals surface area contributed by atoms with Gasteiger partial charge in [0.1, 0.15) is 0 Å². The van der Waals surface area contributed by atoms with Crippen LogP contribution in [0.15, 0.2) is 17.2 Å². The maximum Gasteiger partial charge on any atom is 0.295 e. The molecule has 1 aromatic rings. The molecule has 2 heterocycles. The molecular formula is C13H20N4O3. The molecule has 1 aliphatic rings. The van der Waals surface area contributed by atoms with E-state index in [1.807, 2.05) is 0 Å². The maximum absolute atomic E-state index is 12.3. The van der Waals surface area contributed by atoms with Crippen LogP contribution in [0.2, 0.25) is 0 Å². The summed E-state index contributed by atoms with van der Waals surface area (Å²) in [7, 11) is 1.59. The molecule has 7 heteroatoms. The highest BCUT2D eigenvalue weighted by Crippen LogP contribution is 2.21. The first-order chi connectivity index (χ1) is 9.76. The third-order valence-corrected chi connectivity index (χ3v) is 3.19. The van der Waals surface area contributed by atoms with Gasteiger partial charge in [0.2, 0.25) is 5.89 Å². The molecule has 0 radical (unpaired) electrons. The van der Waals surface area contributed by atoms with Gasteiger partial charge in [0.05, 0.1) is 12.6 Å². The minimum atomic E-state index is -0.269. The molecule has 110 valence electrons. The molecule has 0 spiro atoms. The number of carbonyl (C=O) groups excluding carboxylic acids is 1.